The Bertz CT molecular complexity index is 1130. The smallest absolute Gasteiger partial charge is 0.236 e. The second-order valence-electron chi connectivity index (χ2n) is 8.23. The number of phenolic OH excluding ortho intramolecular Hbond substituents is 1. The minimum absolute atomic E-state index is 0.225. The maximum absolute atomic E-state index is 12.4. The van der Waals surface area contributed by atoms with Crippen molar-refractivity contribution in [1.29, 1.82) is 0 Å². The highest BCUT2D eigenvalue weighted by Crippen LogP contribution is 2.32. The number of aromatic hydroxyl groups is 1. The van der Waals surface area contributed by atoms with E-state index < -0.39 is 17.7 Å². The first-order chi connectivity index (χ1) is 14.1. The summed E-state index contributed by atoms with van der Waals surface area (Å²) < 4.78 is 2.20. The highest BCUT2D eigenvalue weighted by molar-refractivity contribution is 6.09. The van der Waals surface area contributed by atoms with Crippen molar-refractivity contribution in [1.82, 2.24) is 4.57 Å². The predicted molar refractivity (Wildman–Crippen MR) is 120 cm³/mol. The molecule has 1 unspecified atom stereocenters. The first-order valence-corrected chi connectivity index (χ1v) is 10.1. The Morgan fingerprint density at radius 3 is 2.43 bits per heavy atom. The number of nitrogens with zero attached hydrogens (tertiary/aromatic N) is 1. The van der Waals surface area contributed by atoms with Gasteiger partial charge in [0.05, 0.1) is 11.2 Å². The van der Waals surface area contributed by atoms with Crippen LogP contribution in [0.4, 0.5) is 5.69 Å². The van der Waals surface area contributed by atoms with Crippen LogP contribution in [-0.2, 0) is 16.1 Å². The molecule has 0 saturated carbocycles. The maximum Gasteiger partial charge on any atom is 0.236 e. The van der Waals surface area contributed by atoms with Crippen LogP contribution in [0, 0.1) is 19.8 Å². The molecule has 0 bridgehead atoms. The van der Waals surface area contributed by atoms with E-state index in [4.69, 9.17) is 5.73 Å². The van der Waals surface area contributed by atoms with E-state index in [1.807, 2.05) is 44.2 Å². The van der Waals surface area contributed by atoms with Crippen LogP contribution in [-0.4, -0.2) is 21.5 Å². The molecule has 6 heteroatoms. The highest BCUT2D eigenvalue weighted by Gasteiger charge is 2.20. The monoisotopic (exact) mass is 407 g/mol. The average molecular weight is 408 g/mol. The Morgan fingerprint density at radius 2 is 1.80 bits per heavy atom. The van der Waals surface area contributed by atoms with Gasteiger partial charge < -0.3 is 20.7 Å². The highest BCUT2D eigenvalue weighted by atomic mass is 16.3. The SMILES string of the molecule is Cc1ccc(NC(=O)C(C)C(N)=O)c2cc(C)n(Cc3ccc(O)c(C(C)C)c3)c12. The third-order valence-electron chi connectivity index (χ3n) is 5.60. The van der Waals surface area contributed by atoms with Crippen LogP contribution in [0.5, 0.6) is 5.75 Å². The second-order valence-corrected chi connectivity index (χ2v) is 8.23. The summed E-state index contributed by atoms with van der Waals surface area (Å²) in [6, 6.07) is 11.6. The molecule has 3 aromatic rings. The van der Waals surface area contributed by atoms with Crippen molar-refractivity contribution in [2.75, 3.05) is 5.32 Å². The van der Waals surface area contributed by atoms with Gasteiger partial charge in [0, 0.05) is 17.6 Å². The third-order valence-corrected chi connectivity index (χ3v) is 5.60. The molecule has 158 valence electrons. The number of anilines is 1. The number of carbonyl (C=O) groups is 2. The zero-order valence-electron chi connectivity index (χ0n) is 18.1. The zero-order valence-corrected chi connectivity index (χ0v) is 18.1. The standard InChI is InChI=1S/C24H29N3O3/c1-13(2)18-11-17(7-9-21(18)28)12-27-15(4)10-19-20(8-6-14(3)22(19)27)26-24(30)16(5)23(25)29/h6-11,13,16,28H,12H2,1-5H3,(H2,25,29)(H,26,30). The number of fused-ring (bicyclic) bond motifs is 1. The molecule has 0 radical (unpaired) electrons. The van der Waals surface area contributed by atoms with Gasteiger partial charge in [-0.15, -0.1) is 0 Å². The van der Waals surface area contributed by atoms with E-state index in [9.17, 15) is 14.7 Å². The first kappa shape index (κ1) is 21.4. The Balaban J connectivity index is 2.03. The molecule has 3 rings (SSSR count). The maximum atomic E-state index is 12.4. The van der Waals surface area contributed by atoms with Crippen molar-refractivity contribution in [2.24, 2.45) is 11.7 Å². The Labute approximate surface area is 176 Å². The summed E-state index contributed by atoms with van der Waals surface area (Å²) in [5.41, 5.74) is 11.1. The molecule has 1 atom stereocenters. The molecule has 2 aromatic carbocycles. The predicted octanol–water partition coefficient (Wildman–Crippen LogP) is 4.20. The summed E-state index contributed by atoms with van der Waals surface area (Å²) in [5, 5.41) is 13.9. The lowest BCUT2D eigenvalue weighted by atomic mass is 9.99. The van der Waals surface area contributed by atoms with E-state index in [0.29, 0.717) is 18.0 Å². The normalized spacial score (nSPS) is 12.3. The zero-order chi connectivity index (χ0) is 22.2. The van der Waals surface area contributed by atoms with Gasteiger partial charge in [-0.25, -0.2) is 0 Å². The van der Waals surface area contributed by atoms with Crippen LogP contribution in [0.2, 0.25) is 0 Å². The minimum atomic E-state index is -0.906. The summed E-state index contributed by atoms with van der Waals surface area (Å²) in [6.07, 6.45) is 0. The van der Waals surface area contributed by atoms with Crippen molar-refractivity contribution in [3.05, 3.63) is 58.8 Å². The van der Waals surface area contributed by atoms with Crippen LogP contribution < -0.4 is 11.1 Å². The van der Waals surface area contributed by atoms with Gasteiger partial charge in [-0.05, 0) is 61.6 Å². The molecular formula is C24H29N3O3. The molecule has 2 amide bonds. The lowest BCUT2D eigenvalue weighted by Crippen LogP contribution is -2.32. The number of rotatable bonds is 6. The number of nitrogens with two attached hydrogens (primary N) is 1. The van der Waals surface area contributed by atoms with E-state index in [1.54, 1.807) is 6.07 Å². The first-order valence-electron chi connectivity index (χ1n) is 10.1. The molecule has 0 fully saturated rings. The number of hydrogen-bond donors (Lipinski definition) is 3. The van der Waals surface area contributed by atoms with Gasteiger partial charge in [0.1, 0.15) is 11.7 Å². The molecular weight excluding hydrogens is 378 g/mol. The van der Waals surface area contributed by atoms with E-state index in [-0.39, 0.29) is 5.92 Å². The van der Waals surface area contributed by atoms with Gasteiger partial charge in [-0.3, -0.25) is 9.59 Å². The van der Waals surface area contributed by atoms with E-state index in [0.717, 1.165) is 33.3 Å². The number of nitrogens with one attached hydrogen (secondary N) is 1. The van der Waals surface area contributed by atoms with Crippen molar-refractivity contribution < 1.29 is 14.7 Å². The third kappa shape index (κ3) is 4.03. The largest absolute Gasteiger partial charge is 0.508 e. The minimum Gasteiger partial charge on any atom is -0.508 e. The van der Waals surface area contributed by atoms with Crippen LogP contribution >= 0.6 is 0 Å². The molecule has 30 heavy (non-hydrogen) atoms. The summed E-state index contributed by atoms with van der Waals surface area (Å²) in [6.45, 7) is 10.3. The van der Waals surface area contributed by atoms with Gasteiger partial charge in [0.2, 0.25) is 11.8 Å². The Kier molecular flexibility index (Phi) is 5.87. The molecule has 0 aliphatic carbocycles. The van der Waals surface area contributed by atoms with E-state index in [1.165, 1.54) is 6.92 Å². The fourth-order valence-electron chi connectivity index (χ4n) is 3.71. The molecule has 0 aliphatic rings. The van der Waals surface area contributed by atoms with Gasteiger partial charge in [0.25, 0.3) is 0 Å². The average Bonchev–Trinajstić information content (AvgIpc) is 3.01. The fourth-order valence-corrected chi connectivity index (χ4v) is 3.71. The van der Waals surface area contributed by atoms with Crippen molar-refractivity contribution in [3.8, 4) is 5.75 Å². The number of amides is 2. The van der Waals surface area contributed by atoms with Crippen LogP contribution in [0.3, 0.4) is 0 Å². The Morgan fingerprint density at radius 1 is 1.10 bits per heavy atom. The van der Waals surface area contributed by atoms with Gasteiger partial charge in [-0.1, -0.05) is 32.0 Å². The molecule has 6 nitrogen and oxygen atoms in total. The lowest BCUT2D eigenvalue weighted by Gasteiger charge is -2.15. The number of carbonyl (C=O) groups excluding carboxylic acids is 2. The number of primary amides is 1. The summed E-state index contributed by atoms with van der Waals surface area (Å²) >= 11 is 0. The van der Waals surface area contributed by atoms with Gasteiger partial charge in [-0.2, -0.15) is 0 Å². The second kappa shape index (κ2) is 8.22. The number of benzene rings is 2. The van der Waals surface area contributed by atoms with Crippen molar-refractivity contribution >= 4 is 28.4 Å². The van der Waals surface area contributed by atoms with Gasteiger partial charge in [0.15, 0.2) is 0 Å². The van der Waals surface area contributed by atoms with Crippen molar-refractivity contribution in [3.63, 3.8) is 0 Å². The summed E-state index contributed by atoms with van der Waals surface area (Å²) in [7, 11) is 0. The Hall–Kier alpha value is -3.28. The molecule has 1 heterocycles. The van der Waals surface area contributed by atoms with Crippen LogP contribution in [0.1, 0.15) is 49.1 Å². The number of aromatic nitrogens is 1. The molecule has 0 aliphatic heterocycles. The number of hydrogen-bond acceptors (Lipinski definition) is 3. The lowest BCUT2D eigenvalue weighted by molar-refractivity contribution is -0.129. The number of aryl methyl sites for hydroxylation is 2. The summed E-state index contributed by atoms with van der Waals surface area (Å²) in [5.74, 6) is -1.44. The van der Waals surface area contributed by atoms with Crippen LogP contribution in [0.25, 0.3) is 10.9 Å². The quantitative estimate of drug-likeness (QED) is 0.534. The molecule has 0 saturated heterocycles. The van der Waals surface area contributed by atoms with Crippen LogP contribution in [0.15, 0.2) is 36.4 Å². The molecule has 1 aromatic heterocycles. The van der Waals surface area contributed by atoms with Gasteiger partial charge >= 0.3 is 0 Å². The molecule has 0 spiro atoms. The number of phenols is 1. The van der Waals surface area contributed by atoms with E-state index >= 15 is 0 Å². The summed E-state index contributed by atoms with van der Waals surface area (Å²) in [4.78, 5) is 23.7. The van der Waals surface area contributed by atoms with Crippen molar-refractivity contribution in [2.45, 2.75) is 47.1 Å². The molecule has 4 N–H and O–H groups in total. The topological polar surface area (TPSA) is 97.4 Å². The fraction of sp³-hybridized carbons (Fsp3) is 0.333. The van der Waals surface area contributed by atoms with E-state index in [2.05, 4.69) is 23.7 Å².